The molecule has 1 heterocycles. The first kappa shape index (κ1) is 15.0. The van der Waals surface area contributed by atoms with Crippen LogP contribution in [0.3, 0.4) is 0 Å². The van der Waals surface area contributed by atoms with E-state index >= 15 is 0 Å². The van der Waals surface area contributed by atoms with Crippen molar-refractivity contribution in [2.75, 3.05) is 6.54 Å². The van der Waals surface area contributed by atoms with Crippen LogP contribution < -0.4 is 10.1 Å². The smallest absolute Gasteiger partial charge is 0.134 e. The van der Waals surface area contributed by atoms with Gasteiger partial charge >= 0.3 is 0 Å². The Labute approximate surface area is 128 Å². The summed E-state index contributed by atoms with van der Waals surface area (Å²) in [6, 6.07) is 10.1. The second kappa shape index (κ2) is 7.41. The van der Waals surface area contributed by atoms with Crippen molar-refractivity contribution in [1.82, 2.24) is 10.3 Å². The molecule has 2 aromatic rings. The monoisotopic (exact) mass is 334 g/mol. The molecule has 2 rings (SSSR count). The Morgan fingerprint density at radius 2 is 2.15 bits per heavy atom. The maximum absolute atomic E-state index is 5.83. The predicted octanol–water partition coefficient (Wildman–Crippen LogP) is 3.84. The summed E-state index contributed by atoms with van der Waals surface area (Å²) in [6.45, 7) is 6.46. The Morgan fingerprint density at radius 1 is 1.30 bits per heavy atom. The van der Waals surface area contributed by atoms with Gasteiger partial charge in [0.25, 0.3) is 0 Å². The van der Waals surface area contributed by atoms with E-state index in [0.29, 0.717) is 6.61 Å². The second-order valence-electron chi connectivity index (χ2n) is 4.60. The first-order valence-electron chi connectivity index (χ1n) is 6.73. The van der Waals surface area contributed by atoms with Crippen molar-refractivity contribution in [3.63, 3.8) is 0 Å². The molecule has 0 aliphatic rings. The molecular formula is C16H19BrN2O. The van der Waals surface area contributed by atoms with E-state index in [1.165, 1.54) is 5.56 Å². The number of nitrogens with zero attached hydrogens (tertiary/aromatic N) is 1. The number of ether oxygens (including phenoxy) is 1. The molecule has 4 heteroatoms. The molecule has 1 aromatic carbocycles. The van der Waals surface area contributed by atoms with Crippen molar-refractivity contribution >= 4 is 15.9 Å². The second-order valence-corrected chi connectivity index (χ2v) is 5.46. The Hall–Kier alpha value is -1.39. The number of hydrogen-bond acceptors (Lipinski definition) is 3. The van der Waals surface area contributed by atoms with Crippen molar-refractivity contribution in [2.45, 2.75) is 27.0 Å². The summed E-state index contributed by atoms with van der Waals surface area (Å²) in [4.78, 5) is 4.33. The van der Waals surface area contributed by atoms with Gasteiger partial charge in [-0.2, -0.15) is 0 Å². The van der Waals surface area contributed by atoms with E-state index in [4.69, 9.17) is 4.74 Å². The van der Waals surface area contributed by atoms with Crippen molar-refractivity contribution in [1.29, 1.82) is 0 Å². The fourth-order valence-corrected chi connectivity index (χ4v) is 2.40. The van der Waals surface area contributed by atoms with E-state index in [2.05, 4.69) is 45.3 Å². The molecule has 0 saturated heterocycles. The van der Waals surface area contributed by atoms with Gasteiger partial charge in [0.15, 0.2) is 0 Å². The number of benzene rings is 1. The van der Waals surface area contributed by atoms with Gasteiger partial charge in [-0.15, -0.1) is 0 Å². The molecule has 1 N–H and O–H groups in total. The average molecular weight is 335 g/mol. The molecule has 0 aliphatic carbocycles. The van der Waals surface area contributed by atoms with Gasteiger partial charge in [0.1, 0.15) is 12.4 Å². The minimum atomic E-state index is 0.484. The summed E-state index contributed by atoms with van der Waals surface area (Å²) in [5.74, 6) is 0.843. The molecule has 0 atom stereocenters. The first-order chi connectivity index (χ1) is 9.70. The van der Waals surface area contributed by atoms with E-state index in [9.17, 15) is 0 Å². The van der Waals surface area contributed by atoms with Crippen LogP contribution in [0.1, 0.15) is 23.7 Å². The normalized spacial score (nSPS) is 10.6. The quantitative estimate of drug-likeness (QED) is 0.871. The van der Waals surface area contributed by atoms with Crippen LogP contribution >= 0.6 is 15.9 Å². The maximum Gasteiger partial charge on any atom is 0.134 e. The number of halogens is 1. The van der Waals surface area contributed by atoms with E-state index in [1.54, 1.807) is 6.20 Å². The fourth-order valence-electron chi connectivity index (χ4n) is 1.86. The lowest BCUT2D eigenvalue weighted by Crippen LogP contribution is -2.11. The molecule has 0 unspecified atom stereocenters. The Kier molecular flexibility index (Phi) is 5.56. The molecule has 0 radical (unpaired) electrons. The molecule has 20 heavy (non-hydrogen) atoms. The molecule has 0 amide bonds. The maximum atomic E-state index is 5.83. The summed E-state index contributed by atoms with van der Waals surface area (Å²) < 4.78 is 6.81. The molecule has 106 valence electrons. The number of aryl methyl sites for hydroxylation is 1. The molecular weight excluding hydrogens is 316 g/mol. The first-order valence-corrected chi connectivity index (χ1v) is 7.52. The highest BCUT2D eigenvalue weighted by Crippen LogP contribution is 2.26. The van der Waals surface area contributed by atoms with E-state index < -0.39 is 0 Å². The molecule has 0 saturated carbocycles. The van der Waals surface area contributed by atoms with Crippen molar-refractivity contribution in [2.24, 2.45) is 0 Å². The number of hydrogen-bond donors (Lipinski definition) is 1. The molecule has 3 nitrogen and oxygen atoms in total. The van der Waals surface area contributed by atoms with Crippen LogP contribution in [0.2, 0.25) is 0 Å². The van der Waals surface area contributed by atoms with Gasteiger partial charge in [-0.1, -0.05) is 19.1 Å². The van der Waals surface area contributed by atoms with Crippen LogP contribution in [-0.2, 0) is 13.2 Å². The van der Waals surface area contributed by atoms with Gasteiger partial charge in [-0.25, -0.2) is 0 Å². The summed E-state index contributed by atoms with van der Waals surface area (Å²) >= 11 is 3.56. The Balaban J connectivity index is 2.01. The van der Waals surface area contributed by atoms with Gasteiger partial charge in [-0.3, -0.25) is 4.98 Å². The van der Waals surface area contributed by atoms with Crippen LogP contribution in [0.25, 0.3) is 0 Å². The number of pyridine rings is 1. The highest BCUT2D eigenvalue weighted by atomic mass is 79.9. The van der Waals surface area contributed by atoms with Crippen LogP contribution in [0, 0.1) is 6.92 Å². The third-order valence-corrected chi connectivity index (χ3v) is 3.68. The number of aromatic nitrogens is 1. The molecule has 0 fully saturated rings. The van der Waals surface area contributed by atoms with Crippen LogP contribution in [-0.4, -0.2) is 11.5 Å². The minimum Gasteiger partial charge on any atom is -0.486 e. The third-order valence-electron chi connectivity index (χ3n) is 3.06. The predicted molar refractivity (Wildman–Crippen MR) is 84.8 cm³/mol. The molecule has 0 aliphatic heterocycles. The SMILES string of the molecule is CCNCc1ccc(OCc2ncccc2C)c(Br)c1. The highest BCUT2D eigenvalue weighted by molar-refractivity contribution is 9.10. The molecule has 0 spiro atoms. The topological polar surface area (TPSA) is 34.1 Å². The Bertz CT molecular complexity index is 572. The lowest BCUT2D eigenvalue weighted by Gasteiger charge is -2.11. The third kappa shape index (κ3) is 4.05. The lowest BCUT2D eigenvalue weighted by atomic mass is 10.2. The summed E-state index contributed by atoms with van der Waals surface area (Å²) in [5, 5.41) is 3.30. The highest BCUT2D eigenvalue weighted by Gasteiger charge is 2.05. The molecule has 1 aromatic heterocycles. The average Bonchev–Trinajstić information content (AvgIpc) is 2.45. The van der Waals surface area contributed by atoms with E-state index in [0.717, 1.165) is 34.6 Å². The zero-order valence-electron chi connectivity index (χ0n) is 11.8. The summed E-state index contributed by atoms with van der Waals surface area (Å²) in [6.07, 6.45) is 1.79. The summed E-state index contributed by atoms with van der Waals surface area (Å²) in [5.41, 5.74) is 3.35. The largest absolute Gasteiger partial charge is 0.486 e. The van der Waals surface area contributed by atoms with Crippen LogP contribution in [0.4, 0.5) is 0 Å². The van der Waals surface area contributed by atoms with Crippen molar-refractivity contribution in [3.05, 3.63) is 57.8 Å². The fraction of sp³-hybridized carbons (Fsp3) is 0.312. The van der Waals surface area contributed by atoms with Crippen LogP contribution in [0.5, 0.6) is 5.75 Å². The number of nitrogens with one attached hydrogen (secondary N) is 1. The van der Waals surface area contributed by atoms with Crippen LogP contribution in [0.15, 0.2) is 41.0 Å². The minimum absolute atomic E-state index is 0.484. The van der Waals surface area contributed by atoms with E-state index in [-0.39, 0.29) is 0 Å². The molecule has 0 bridgehead atoms. The lowest BCUT2D eigenvalue weighted by molar-refractivity contribution is 0.298. The van der Waals surface area contributed by atoms with Gasteiger partial charge in [-0.05, 0) is 58.7 Å². The van der Waals surface area contributed by atoms with Crippen molar-refractivity contribution in [3.8, 4) is 5.75 Å². The van der Waals surface area contributed by atoms with Gasteiger partial charge in [0, 0.05) is 12.7 Å². The summed E-state index contributed by atoms with van der Waals surface area (Å²) in [7, 11) is 0. The zero-order valence-corrected chi connectivity index (χ0v) is 13.4. The number of rotatable bonds is 6. The van der Waals surface area contributed by atoms with Gasteiger partial charge in [0.05, 0.1) is 10.2 Å². The van der Waals surface area contributed by atoms with Crippen molar-refractivity contribution < 1.29 is 4.74 Å². The van der Waals surface area contributed by atoms with Gasteiger partial charge in [0.2, 0.25) is 0 Å². The zero-order chi connectivity index (χ0) is 14.4. The Morgan fingerprint density at radius 3 is 2.85 bits per heavy atom. The van der Waals surface area contributed by atoms with Gasteiger partial charge < -0.3 is 10.1 Å². The van der Waals surface area contributed by atoms with E-state index in [1.807, 2.05) is 25.1 Å². The standard InChI is InChI=1S/C16H19BrN2O/c1-3-18-10-13-6-7-16(14(17)9-13)20-11-15-12(2)5-4-8-19-15/h4-9,18H,3,10-11H2,1-2H3.